The van der Waals surface area contributed by atoms with Gasteiger partial charge in [0.2, 0.25) is 0 Å². The molecule has 0 bridgehead atoms. The molecule has 1 unspecified atom stereocenters. The van der Waals surface area contributed by atoms with Crippen LogP contribution in [0.5, 0.6) is 0 Å². The van der Waals surface area contributed by atoms with Gasteiger partial charge in [0.05, 0.1) is 11.7 Å². The third-order valence-electron chi connectivity index (χ3n) is 3.22. The average molecular weight is 270 g/mol. The van der Waals surface area contributed by atoms with Crippen molar-refractivity contribution < 1.29 is 0 Å². The Bertz CT molecular complexity index is 552. The van der Waals surface area contributed by atoms with Crippen molar-refractivity contribution in [1.82, 2.24) is 15.0 Å². The molecule has 4 nitrogen and oxygen atoms in total. The molecule has 0 radical (unpaired) electrons. The number of aryl methyl sites for hydroxylation is 1. The Morgan fingerprint density at radius 2 is 1.95 bits per heavy atom. The Morgan fingerprint density at radius 3 is 2.55 bits per heavy atom. The van der Waals surface area contributed by atoms with Crippen molar-refractivity contribution in [2.45, 2.75) is 46.1 Å². The molecule has 0 aliphatic carbocycles. The summed E-state index contributed by atoms with van der Waals surface area (Å²) in [7, 11) is 0. The summed E-state index contributed by atoms with van der Waals surface area (Å²) in [6.07, 6.45) is 2.78. The second kappa shape index (κ2) is 6.46. The number of aromatic nitrogens is 3. The van der Waals surface area contributed by atoms with Gasteiger partial charge in [-0.3, -0.25) is 4.98 Å². The molecule has 2 aromatic heterocycles. The molecule has 0 aromatic carbocycles. The van der Waals surface area contributed by atoms with Crippen molar-refractivity contribution in [3.63, 3.8) is 0 Å². The lowest BCUT2D eigenvalue weighted by atomic mass is 10.1. The zero-order valence-corrected chi connectivity index (χ0v) is 12.6. The first-order chi connectivity index (χ1) is 9.60. The van der Waals surface area contributed by atoms with E-state index >= 15 is 0 Å². The van der Waals surface area contributed by atoms with Crippen LogP contribution >= 0.6 is 0 Å². The highest BCUT2D eigenvalue weighted by atomic mass is 15.1. The quantitative estimate of drug-likeness (QED) is 0.896. The van der Waals surface area contributed by atoms with E-state index in [1.54, 1.807) is 0 Å². The summed E-state index contributed by atoms with van der Waals surface area (Å²) in [4.78, 5) is 13.4. The third-order valence-corrected chi connectivity index (χ3v) is 3.22. The SMILES string of the molecule is CCC(Nc1cc(C(C)C)nc(C)n1)c1ccccn1. The van der Waals surface area contributed by atoms with Crippen molar-refractivity contribution in [3.8, 4) is 0 Å². The summed E-state index contributed by atoms with van der Waals surface area (Å²) < 4.78 is 0. The van der Waals surface area contributed by atoms with Gasteiger partial charge in [0.15, 0.2) is 0 Å². The summed E-state index contributed by atoms with van der Waals surface area (Å²) in [5, 5.41) is 3.47. The Kier molecular flexibility index (Phi) is 4.66. The van der Waals surface area contributed by atoms with Gasteiger partial charge in [0, 0.05) is 18.0 Å². The van der Waals surface area contributed by atoms with Gasteiger partial charge >= 0.3 is 0 Å². The van der Waals surface area contributed by atoms with Gasteiger partial charge in [-0.25, -0.2) is 9.97 Å². The van der Waals surface area contributed by atoms with Crippen LogP contribution in [-0.4, -0.2) is 15.0 Å². The van der Waals surface area contributed by atoms with Crippen LogP contribution in [0.4, 0.5) is 5.82 Å². The Hall–Kier alpha value is -1.97. The van der Waals surface area contributed by atoms with Crippen LogP contribution in [0.15, 0.2) is 30.5 Å². The molecule has 1 N–H and O–H groups in total. The highest BCUT2D eigenvalue weighted by Crippen LogP contribution is 2.22. The molecule has 0 spiro atoms. The van der Waals surface area contributed by atoms with Crippen LogP contribution in [0.25, 0.3) is 0 Å². The number of rotatable bonds is 5. The monoisotopic (exact) mass is 270 g/mol. The number of hydrogen-bond acceptors (Lipinski definition) is 4. The van der Waals surface area contributed by atoms with Crippen molar-refractivity contribution in [2.75, 3.05) is 5.32 Å². The second-order valence-corrected chi connectivity index (χ2v) is 5.24. The maximum absolute atomic E-state index is 4.48. The molecule has 4 heteroatoms. The van der Waals surface area contributed by atoms with E-state index in [1.165, 1.54) is 0 Å². The van der Waals surface area contributed by atoms with Crippen molar-refractivity contribution in [3.05, 3.63) is 47.7 Å². The predicted octanol–water partition coefficient (Wildman–Crippen LogP) is 3.87. The van der Waals surface area contributed by atoms with Gasteiger partial charge in [-0.1, -0.05) is 26.8 Å². The highest BCUT2D eigenvalue weighted by Gasteiger charge is 2.12. The summed E-state index contributed by atoms with van der Waals surface area (Å²) in [5.74, 6) is 2.07. The number of anilines is 1. The van der Waals surface area contributed by atoms with Crippen LogP contribution in [0.1, 0.15) is 56.4 Å². The lowest BCUT2D eigenvalue weighted by Gasteiger charge is -2.18. The van der Waals surface area contributed by atoms with Crippen molar-refractivity contribution in [1.29, 1.82) is 0 Å². The molecule has 20 heavy (non-hydrogen) atoms. The van der Waals surface area contributed by atoms with Gasteiger partial charge in [-0.05, 0) is 31.4 Å². The van der Waals surface area contributed by atoms with Crippen LogP contribution in [-0.2, 0) is 0 Å². The first-order valence-corrected chi connectivity index (χ1v) is 7.13. The minimum absolute atomic E-state index is 0.172. The van der Waals surface area contributed by atoms with Crippen molar-refractivity contribution in [2.24, 2.45) is 0 Å². The molecule has 0 aliphatic heterocycles. The van der Waals surface area contributed by atoms with E-state index in [0.29, 0.717) is 5.92 Å². The zero-order chi connectivity index (χ0) is 14.5. The van der Waals surface area contributed by atoms with E-state index in [2.05, 4.69) is 41.0 Å². The zero-order valence-electron chi connectivity index (χ0n) is 12.6. The van der Waals surface area contributed by atoms with Crippen LogP contribution in [0.2, 0.25) is 0 Å². The summed E-state index contributed by atoms with van der Waals surface area (Å²) in [5.41, 5.74) is 2.10. The molecule has 0 amide bonds. The van der Waals surface area contributed by atoms with Gasteiger partial charge in [-0.15, -0.1) is 0 Å². The number of hydrogen-bond donors (Lipinski definition) is 1. The Balaban J connectivity index is 2.24. The van der Waals surface area contributed by atoms with Crippen molar-refractivity contribution >= 4 is 5.82 Å². The van der Waals surface area contributed by atoms with Gasteiger partial charge < -0.3 is 5.32 Å². The van der Waals surface area contributed by atoms with Gasteiger partial charge in [-0.2, -0.15) is 0 Å². The fraction of sp³-hybridized carbons (Fsp3) is 0.438. The van der Waals surface area contributed by atoms with Gasteiger partial charge in [0.25, 0.3) is 0 Å². The molecular weight excluding hydrogens is 248 g/mol. The fourth-order valence-corrected chi connectivity index (χ4v) is 2.11. The average Bonchev–Trinajstić information content (AvgIpc) is 2.45. The van der Waals surface area contributed by atoms with Crippen LogP contribution in [0, 0.1) is 6.92 Å². The summed E-state index contributed by atoms with van der Waals surface area (Å²) in [6, 6.07) is 8.19. The normalized spacial score (nSPS) is 12.4. The number of pyridine rings is 1. The Labute approximate surface area is 120 Å². The van der Waals surface area contributed by atoms with Crippen LogP contribution < -0.4 is 5.32 Å². The van der Waals surface area contributed by atoms with E-state index in [1.807, 2.05) is 37.4 Å². The topological polar surface area (TPSA) is 50.7 Å². The van der Waals surface area contributed by atoms with E-state index in [-0.39, 0.29) is 6.04 Å². The molecule has 1 atom stereocenters. The molecule has 2 heterocycles. The fourth-order valence-electron chi connectivity index (χ4n) is 2.11. The highest BCUT2D eigenvalue weighted by molar-refractivity contribution is 5.39. The molecule has 0 fully saturated rings. The predicted molar refractivity (Wildman–Crippen MR) is 81.7 cm³/mol. The molecular formula is C16H22N4. The van der Waals surface area contributed by atoms with Gasteiger partial charge in [0.1, 0.15) is 11.6 Å². The smallest absolute Gasteiger partial charge is 0.130 e. The minimum atomic E-state index is 0.172. The maximum atomic E-state index is 4.48. The summed E-state index contributed by atoms with van der Waals surface area (Å²) in [6.45, 7) is 8.35. The largest absolute Gasteiger partial charge is 0.362 e. The van der Waals surface area contributed by atoms with E-state index in [0.717, 1.165) is 29.5 Å². The summed E-state index contributed by atoms with van der Waals surface area (Å²) >= 11 is 0. The number of nitrogens with zero attached hydrogens (tertiary/aromatic N) is 3. The molecule has 0 aliphatic rings. The van der Waals surface area contributed by atoms with E-state index in [4.69, 9.17) is 0 Å². The minimum Gasteiger partial charge on any atom is -0.362 e. The first kappa shape index (κ1) is 14.4. The lowest BCUT2D eigenvalue weighted by molar-refractivity contribution is 0.714. The molecule has 2 rings (SSSR count). The third kappa shape index (κ3) is 3.53. The molecule has 0 saturated heterocycles. The van der Waals surface area contributed by atoms with Crippen LogP contribution in [0.3, 0.4) is 0 Å². The van der Waals surface area contributed by atoms with E-state index < -0.39 is 0 Å². The molecule has 2 aromatic rings. The lowest BCUT2D eigenvalue weighted by Crippen LogP contribution is -2.13. The standard InChI is InChI=1S/C16H22N4/c1-5-13(14-8-6-7-9-17-14)20-16-10-15(11(2)3)18-12(4)19-16/h6-11,13H,5H2,1-4H3,(H,18,19,20). The molecule has 106 valence electrons. The Morgan fingerprint density at radius 1 is 1.15 bits per heavy atom. The maximum Gasteiger partial charge on any atom is 0.130 e. The first-order valence-electron chi connectivity index (χ1n) is 7.13. The molecule has 0 saturated carbocycles. The number of nitrogens with one attached hydrogen (secondary N) is 1. The van der Waals surface area contributed by atoms with E-state index in [9.17, 15) is 0 Å². The second-order valence-electron chi connectivity index (χ2n) is 5.24.